The summed E-state index contributed by atoms with van der Waals surface area (Å²) in [7, 11) is -4.55. The van der Waals surface area contributed by atoms with Crippen LogP contribution in [0.15, 0.2) is 47.4 Å². The van der Waals surface area contributed by atoms with Gasteiger partial charge in [0.2, 0.25) is 0 Å². The van der Waals surface area contributed by atoms with Gasteiger partial charge >= 0.3 is 18.1 Å². The number of fused-ring (bicyclic) bond motifs is 1. The molecule has 38 heavy (non-hydrogen) atoms. The molecular formula is C26H30F3NO7S. The third-order valence-corrected chi connectivity index (χ3v) is 7.57. The predicted molar refractivity (Wildman–Crippen MR) is 132 cm³/mol. The van der Waals surface area contributed by atoms with Crippen LogP contribution in [0, 0.1) is 5.41 Å². The SMILES string of the molecule is CC(C)(C)OC(=O)Cc1ccc2c(c1)N(S(=O)(=O)c1cccc(C(F)(F)F)c1)C[C@H](CC(C)(C)C(=O)O)O2. The van der Waals surface area contributed by atoms with E-state index in [9.17, 15) is 36.3 Å². The highest BCUT2D eigenvalue weighted by Gasteiger charge is 2.40. The molecule has 0 saturated carbocycles. The van der Waals surface area contributed by atoms with Gasteiger partial charge in [-0.05, 0) is 70.5 Å². The molecule has 1 N–H and O–H groups in total. The van der Waals surface area contributed by atoms with Gasteiger partial charge in [0.15, 0.2) is 0 Å². The van der Waals surface area contributed by atoms with Crippen molar-refractivity contribution in [2.24, 2.45) is 5.41 Å². The van der Waals surface area contributed by atoms with Gasteiger partial charge in [-0.15, -0.1) is 0 Å². The Balaban J connectivity index is 2.07. The predicted octanol–water partition coefficient (Wildman–Crippen LogP) is 5.05. The minimum atomic E-state index is -4.76. The highest BCUT2D eigenvalue weighted by atomic mass is 32.2. The maximum atomic E-state index is 13.7. The van der Waals surface area contributed by atoms with E-state index < -0.39 is 55.7 Å². The number of rotatable bonds is 7. The summed E-state index contributed by atoms with van der Waals surface area (Å²) in [5.74, 6) is -1.58. The number of carboxylic acid groups (broad SMARTS) is 1. The average molecular weight is 558 g/mol. The number of carbonyl (C=O) groups excluding carboxylic acids is 1. The Bertz CT molecular complexity index is 1330. The Morgan fingerprint density at radius 3 is 2.32 bits per heavy atom. The van der Waals surface area contributed by atoms with E-state index in [2.05, 4.69) is 0 Å². The van der Waals surface area contributed by atoms with E-state index >= 15 is 0 Å². The number of sulfonamides is 1. The third kappa shape index (κ3) is 6.77. The summed E-state index contributed by atoms with van der Waals surface area (Å²) in [5.41, 5.74) is -2.72. The molecule has 3 rings (SSSR count). The second kappa shape index (κ2) is 10.1. The first-order valence-electron chi connectivity index (χ1n) is 11.7. The molecule has 0 radical (unpaired) electrons. The van der Waals surface area contributed by atoms with Gasteiger partial charge in [0.1, 0.15) is 17.5 Å². The fourth-order valence-electron chi connectivity index (χ4n) is 3.96. The van der Waals surface area contributed by atoms with Crippen molar-refractivity contribution in [3.63, 3.8) is 0 Å². The fourth-order valence-corrected chi connectivity index (χ4v) is 5.51. The lowest BCUT2D eigenvalue weighted by atomic mass is 9.86. The summed E-state index contributed by atoms with van der Waals surface area (Å²) >= 11 is 0. The average Bonchev–Trinajstić information content (AvgIpc) is 2.76. The standard InChI is InChI=1S/C26H30F3NO7S/c1-24(2,3)37-22(31)12-16-9-10-21-20(11-16)30(15-18(36-21)14-25(4,5)23(32)33)38(34,35)19-8-6-7-17(13-19)26(27,28)29/h6-11,13,18H,12,14-15H2,1-5H3,(H,32,33)/t18-/m0/s1. The van der Waals surface area contributed by atoms with Crippen LogP contribution >= 0.6 is 0 Å². The number of alkyl halides is 3. The van der Waals surface area contributed by atoms with Gasteiger partial charge in [0, 0.05) is 6.42 Å². The number of carboxylic acids is 1. The molecular weight excluding hydrogens is 527 g/mol. The monoisotopic (exact) mass is 557 g/mol. The quantitative estimate of drug-likeness (QED) is 0.475. The molecule has 0 fully saturated rings. The molecule has 0 aliphatic carbocycles. The topological polar surface area (TPSA) is 110 Å². The van der Waals surface area contributed by atoms with Gasteiger partial charge in [-0.2, -0.15) is 13.2 Å². The molecule has 1 heterocycles. The first-order valence-corrected chi connectivity index (χ1v) is 13.2. The van der Waals surface area contributed by atoms with E-state index in [0.29, 0.717) is 11.6 Å². The summed E-state index contributed by atoms with van der Waals surface area (Å²) < 4.78 is 79.5. The van der Waals surface area contributed by atoms with E-state index in [-0.39, 0.29) is 30.8 Å². The number of anilines is 1. The van der Waals surface area contributed by atoms with E-state index in [1.807, 2.05) is 0 Å². The van der Waals surface area contributed by atoms with E-state index in [1.165, 1.54) is 26.0 Å². The molecule has 1 atom stereocenters. The Morgan fingerprint density at radius 1 is 1.08 bits per heavy atom. The highest BCUT2D eigenvalue weighted by Crippen LogP contribution is 2.41. The molecule has 1 aliphatic heterocycles. The largest absolute Gasteiger partial charge is 0.486 e. The molecule has 0 bridgehead atoms. The van der Waals surface area contributed by atoms with E-state index in [1.54, 1.807) is 26.8 Å². The molecule has 1 aliphatic rings. The van der Waals surface area contributed by atoms with Gasteiger partial charge in [-0.3, -0.25) is 13.9 Å². The maximum Gasteiger partial charge on any atom is 0.416 e. The molecule has 12 heteroatoms. The number of hydrogen-bond acceptors (Lipinski definition) is 6. The van der Waals surface area contributed by atoms with Crippen LogP contribution in [-0.4, -0.2) is 43.7 Å². The van der Waals surface area contributed by atoms with Gasteiger partial charge in [0.25, 0.3) is 10.0 Å². The van der Waals surface area contributed by atoms with Crippen LogP contribution < -0.4 is 9.04 Å². The first-order chi connectivity index (χ1) is 17.3. The first kappa shape index (κ1) is 29.3. The van der Waals surface area contributed by atoms with Crippen LogP contribution in [-0.2, 0) is 36.9 Å². The Hall–Kier alpha value is -3.28. The molecule has 0 spiro atoms. The molecule has 0 saturated heterocycles. The minimum Gasteiger partial charge on any atom is -0.486 e. The van der Waals surface area contributed by atoms with Gasteiger partial charge in [0.05, 0.1) is 34.5 Å². The molecule has 8 nitrogen and oxygen atoms in total. The molecule has 208 valence electrons. The second-order valence-corrected chi connectivity index (χ2v) is 12.6. The Morgan fingerprint density at radius 2 is 1.74 bits per heavy atom. The number of esters is 1. The van der Waals surface area contributed by atoms with Gasteiger partial charge in [-0.25, -0.2) is 8.42 Å². The van der Waals surface area contributed by atoms with Crippen LogP contribution in [0.4, 0.5) is 18.9 Å². The normalized spacial score (nSPS) is 16.4. The second-order valence-electron chi connectivity index (χ2n) is 10.8. The van der Waals surface area contributed by atoms with Crippen molar-refractivity contribution in [3.8, 4) is 5.75 Å². The van der Waals surface area contributed by atoms with Crippen LogP contribution in [0.1, 0.15) is 52.2 Å². The van der Waals surface area contributed by atoms with Crippen molar-refractivity contribution < 1.29 is 45.8 Å². The molecule has 2 aromatic carbocycles. The number of ether oxygens (including phenoxy) is 2. The number of nitrogens with zero attached hydrogens (tertiary/aromatic N) is 1. The Kier molecular flexibility index (Phi) is 7.80. The van der Waals surface area contributed by atoms with Crippen molar-refractivity contribution in [3.05, 3.63) is 53.6 Å². The summed E-state index contributed by atoms with van der Waals surface area (Å²) in [6.07, 6.45) is -5.93. The lowest BCUT2D eigenvalue weighted by Crippen LogP contribution is -2.46. The number of hydrogen-bond donors (Lipinski definition) is 1. The van der Waals surface area contributed by atoms with Crippen LogP contribution in [0.5, 0.6) is 5.75 Å². The summed E-state index contributed by atoms with van der Waals surface area (Å²) in [4.78, 5) is 23.4. The number of carbonyl (C=O) groups is 2. The van der Waals surface area contributed by atoms with Crippen molar-refractivity contribution in [1.29, 1.82) is 0 Å². The maximum absolute atomic E-state index is 13.7. The van der Waals surface area contributed by atoms with Crippen molar-refractivity contribution in [2.45, 2.75) is 70.2 Å². The Labute approximate surface area is 219 Å². The van der Waals surface area contributed by atoms with E-state index in [4.69, 9.17) is 9.47 Å². The zero-order chi connectivity index (χ0) is 28.7. The zero-order valence-corrected chi connectivity index (χ0v) is 22.4. The lowest BCUT2D eigenvalue weighted by Gasteiger charge is -2.38. The summed E-state index contributed by atoms with van der Waals surface area (Å²) in [5, 5.41) is 9.54. The summed E-state index contributed by atoms with van der Waals surface area (Å²) in [6.45, 7) is 7.68. The minimum absolute atomic E-state index is 0.0212. The molecule has 0 unspecified atom stereocenters. The van der Waals surface area contributed by atoms with E-state index in [0.717, 1.165) is 22.5 Å². The number of aliphatic carboxylic acids is 1. The van der Waals surface area contributed by atoms with Crippen molar-refractivity contribution >= 4 is 27.6 Å². The van der Waals surface area contributed by atoms with Gasteiger partial charge < -0.3 is 14.6 Å². The number of halogens is 3. The fraction of sp³-hybridized carbons (Fsp3) is 0.462. The van der Waals surface area contributed by atoms with Crippen LogP contribution in [0.2, 0.25) is 0 Å². The van der Waals surface area contributed by atoms with Crippen LogP contribution in [0.3, 0.4) is 0 Å². The number of benzene rings is 2. The molecule has 0 aromatic heterocycles. The van der Waals surface area contributed by atoms with Crippen molar-refractivity contribution in [2.75, 3.05) is 10.8 Å². The smallest absolute Gasteiger partial charge is 0.416 e. The van der Waals surface area contributed by atoms with Crippen LogP contribution in [0.25, 0.3) is 0 Å². The highest BCUT2D eigenvalue weighted by molar-refractivity contribution is 7.92. The summed E-state index contributed by atoms with van der Waals surface area (Å²) in [6, 6.07) is 7.77. The lowest BCUT2D eigenvalue weighted by molar-refractivity contribution is -0.154. The van der Waals surface area contributed by atoms with Crippen molar-refractivity contribution in [1.82, 2.24) is 0 Å². The zero-order valence-electron chi connectivity index (χ0n) is 21.6. The molecule has 2 aromatic rings. The molecule has 0 amide bonds. The van der Waals surface area contributed by atoms with Gasteiger partial charge in [-0.1, -0.05) is 12.1 Å². The third-order valence-electron chi connectivity index (χ3n) is 5.79.